The van der Waals surface area contributed by atoms with Gasteiger partial charge in [-0.2, -0.15) is 5.10 Å². The third-order valence-electron chi connectivity index (χ3n) is 3.35. The number of benzene rings is 1. The van der Waals surface area contributed by atoms with Crippen LogP contribution in [-0.4, -0.2) is 28.5 Å². The van der Waals surface area contributed by atoms with Crippen LogP contribution in [0.5, 0.6) is 0 Å². The highest BCUT2D eigenvalue weighted by Crippen LogP contribution is 2.26. The number of nitrogens with zero attached hydrogens (tertiary/aromatic N) is 2. The van der Waals surface area contributed by atoms with Gasteiger partial charge in [-0.05, 0) is 34.3 Å². The summed E-state index contributed by atoms with van der Waals surface area (Å²) < 4.78 is 0.503. The summed E-state index contributed by atoms with van der Waals surface area (Å²) in [6.45, 7) is 4.66. The molecule has 1 aromatic heterocycles. The number of aliphatic imine (C=N–C) groups is 1. The van der Waals surface area contributed by atoms with Gasteiger partial charge in [0.15, 0.2) is 5.82 Å². The Morgan fingerprint density at radius 3 is 2.83 bits per heavy atom. The van der Waals surface area contributed by atoms with Crippen molar-refractivity contribution in [2.24, 2.45) is 10.7 Å². The van der Waals surface area contributed by atoms with Gasteiger partial charge in [-0.15, -0.1) is 0 Å². The number of nitrogens with one attached hydrogen (secondary N) is 2. The number of halogens is 1. The fourth-order valence-corrected chi connectivity index (χ4v) is 2.57. The van der Waals surface area contributed by atoms with Crippen molar-refractivity contribution in [1.29, 1.82) is 0 Å². The molecule has 0 aliphatic rings. The van der Waals surface area contributed by atoms with Crippen molar-refractivity contribution >= 4 is 33.5 Å². The maximum Gasteiger partial charge on any atom is 0.270 e. The molecular formula is C16H20BrN5O. The summed E-state index contributed by atoms with van der Waals surface area (Å²) in [4.78, 5) is 16.3. The van der Waals surface area contributed by atoms with E-state index in [0.29, 0.717) is 28.4 Å². The van der Waals surface area contributed by atoms with Crippen molar-refractivity contribution < 1.29 is 4.79 Å². The molecule has 0 bridgehead atoms. The number of carbonyl (C=O) groups excluding carboxylic acids is 1. The maximum atomic E-state index is 12.0. The number of hydrogen-bond donors (Lipinski definition) is 3. The highest BCUT2D eigenvalue weighted by Gasteiger charge is 2.17. The summed E-state index contributed by atoms with van der Waals surface area (Å²) in [7, 11) is 0. The standard InChI is InChI=1S/C16H20BrN5O/c1-3-9-19-16(23)13-12(17)15(22-21-13)20-14(18)11-8-6-5-7-10(11)4-2/h5-8H,3-4,9H2,1-2H3,(H,19,23)(H3,18,20,21,22). The normalized spacial score (nSPS) is 11.5. The van der Waals surface area contributed by atoms with Crippen LogP contribution in [0.4, 0.5) is 5.82 Å². The summed E-state index contributed by atoms with van der Waals surface area (Å²) in [5.74, 6) is 0.505. The van der Waals surface area contributed by atoms with Gasteiger partial charge in [0.2, 0.25) is 0 Å². The first-order chi connectivity index (χ1) is 11.1. The van der Waals surface area contributed by atoms with Crippen molar-refractivity contribution in [2.75, 3.05) is 6.54 Å². The fourth-order valence-electron chi connectivity index (χ4n) is 2.12. The van der Waals surface area contributed by atoms with E-state index in [1.54, 1.807) is 0 Å². The van der Waals surface area contributed by atoms with Gasteiger partial charge in [0.25, 0.3) is 5.91 Å². The molecule has 1 amide bonds. The number of nitrogens with two attached hydrogens (primary N) is 1. The van der Waals surface area contributed by atoms with Crippen LogP contribution < -0.4 is 11.1 Å². The largest absolute Gasteiger partial charge is 0.383 e. The molecule has 2 rings (SSSR count). The van der Waals surface area contributed by atoms with Gasteiger partial charge in [0.05, 0.1) is 4.47 Å². The highest BCUT2D eigenvalue weighted by molar-refractivity contribution is 9.10. The van der Waals surface area contributed by atoms with Crippen LogP contribution in [0.3, 0.4) is 0 Å². The highest BCUT2D eigenvalue weighted by atomic mass is 79.9. The molecule has 0 unspecified atom stereocenters. The number of aromatic nitrogens is 2. The van der Waals surface area contributed by atoms with Crippen molar-refractivity contribution in [2.45, 2.75) is 26.7 Å². The van der Waals surface area contributed by atoms with E-state index in [1.165, 1.54) is 0 Å². The van der Waals surface area contributed by atoms with Crippen LogP contribution in [0.25, 0.3) is 0 Å². The van der Waals surface area contributed by atoms with Gasteiger partial charge >= 0.3 is 0 Å². The summed E-state index contributed by atoms with van der Waals surface area (Å²) >= 11 is 3.36. The quantitative estimate of drug-likeness (QED) is 0.533. The Balaban J connectivity index is 2.29. The van der Waals surface area contributed by atoms with Crippen LogP contribution in [0.1, 0.15) is 41.9 Å². The number of amidine groups is 1. The van der Waals surface area contributed by atoms with Gasteiger partial charge in [-0.3, -0.25) is 9.89 Å². The van der Waals surface area contributed by atoms with Gasteiger partial charge in [0.1, 0.15) is 11.5 Å². The van der Waals surface area contributed by atoms with Crippen molar-refractivity contribution in [3.05, 3.63) is 45.6 Å². The first-order valence-corrected chi connectivity index (χ1v) is 8.32. The summed E-state index contributed by atoms with van der Waals surface area (Å²) in [5.41, 5.74) is 8.44. The molecule has 6 nitrogen and oxygen atoms in total. The lowest BCUT2D eigenvalue weighted by Gasteiger charge is -2.06. The molecule has 0 aliphatic heterocycles. The number of aryl methyl sites for hydroxylation is 1. The topological polar surface area (TPSA) is 96.2 Å². The molecule has 7 heteroatoms. The van der Waals surface area contributed by atoms with Crippen LogP contribution >= 0.6 is 15.9 Å². The molecule has 0 spiro atoms. The fraction of sp³-hybridized carbons (Fsp3) is 0.312. The van der Waals surface area contributed by atoms with E-state index in [4.69, 9.17) is 5.73 Å². The minimum atomic E-state index is -0.222. The zero-order chi connectivity index (χ0) is 16.8. The zero-order valence-electron chi connectivity index (χ0n) is 13.2. The SMILES string of the molecule is CCCNC(=O)c1[nH]nc(N=C(N)c2ccccc2CC)c1Br. The van der Waals surface area contributed by atoms with E-state index in [9.17, 15) is 4.79 Å². The van der Waals surface area contributed by atoms with Crippen molar-refractivity contribution in [3.8, 4) is 0 Å². The molecule has 0 saturated heterocycles. The Morgan fingerprint density at radius 2 is 2.13 bits per heavy atom. The van der Waals surface area contributed by atoms with Crippen LogP contribution in [-0.2, 0) is 6.42 Å². The lowest BCUT2D eigenvalue weighted by atomic mass is 10.0. The Hall–Kier alpha value is -2.15. The molecule has 0 atom stereocenters. The zero-order valence-corrected chi connectivity index (χ0v) is 14.8. The number of H-pyrrole nitrogens is 1. The van der Waals surface area contributed by atoms with Crippen molar-refractivity contribution in [1.82, 2.24) is 15.5 Å². The van der Waals surface area contributed by atoms with E-state index in [1.807, 2.05) is 31.2 Å². The predicted molar refractivity (Wildman–Crippen MR) is 95.1 cm³/mol. The summed E-state index contributed by atoms with van der Waals surface area (Å²) in [6.07, 6.45) is 1.72. The predicted octanol–water partition coefficient (Wildman–Crippen LogP) is 2.91. The van der Waals surface area contributed by atoms with Crippen LogP contribution in [0.15, 0.2) is 33.7 Å². The lowest BCUT2D eigenvalue weighted by molar-refractivity contribution is 0.0948. The van der Waals surface area contributed by atoms with Gasteiger partial charge in [-0.1, -0.05) is 38.1 Å². The second-order valence-corrected chi connectivity index (χ2v) is 5.79. The average molecular weight is 378 g/mol. The second kappa shape index (κ2) is 7.92. The molecule has 0 saturated carbocycles. The van der Waals surface area contributed by atoms with E-state index < -0.39 is 0 Å². The third-order valence-corrected chi connectivity index (χ3v) is 4.10. The van der Waals surface area contributed by atoms with Gasteiger partial charge in [-0.25, -0.2) is 4.99 Å². The second-order valence-electron chi connectivity index (χ2n) is 5.00. The molecule has 122 valence electrons. The smallest absolute Gasteiger partial charge is 0.270 e. The third kappa shape index (κ3) is 3.98. The van der Waals surface area contributed by atoms with Gasteiger partial charge < -0.3 is 11.1 Å². The molecule has 23 heavy (non-hydrogen) atoms. The average Bonchev–Trinajstić information content (AvgIpc) is 2.93. The molecule has 2 aromatic rings. The minimum absolute atomic E-state index is 0.222. The summed E-state index contributed by atoms with van der Waals surface area (Å²) in [5, 5.41) is 9.55. The number of carbonyl (C=O) groups is 1. The van der Waals surface area contributed by atoms with E-state index in [-0.39, 0.29) is 5.91 Å². The Labute approximate surface area is 143 Å². The Bertz CT molecular complexity index is 723. The van der Waals surface area contributed by atoms with Gasteiger partial charge in [0, 0.05) is 12.1 Å². The first kappa shape index (κ1) is 17.2. The molecule has 4 N–H and O–H groups in total. The molecular weight excluding hydrogens is 358 g/mol. The van der Waals surface area contributed by atoms with Crippen LogP contribution in [0, 0.1) is 0 Å². The van der Waals surface area contributed by atoms with E-state index >= 15 is 0 Å². The molecule has 0 fully saturated rings. The number of aromatic amines is 1. The summed E-state index contributed by atoms with van der Waals surface area (Å²) in [6, 6.07) is 7.82. The maximum absolute atomic E-state index is 12.0. The number of hydrogen-bond acceptors (Lipinski definition) is 3. The molecule has 1 aromatic carbocycles. The molecule has 1 heterocycles. The van der Waals surface area contributed by atoms with E-state index in [0.717, 1.165) is 24.0 Å². The van der Waals surface area contributed by atoms with E-state index in [2.05, 4.69) is 43.4 Å². The molecule has 0 aliphatic carbocycles. The van der Waals surface area contributed by atoms with Crippen molar-refractivity contribution in [3.63, 3.8) is 0 Å². The Morgan fingerprint density at radius 1 is 1.39 bits per heavy atom. The number of amides is 1. The molecule has 0 radical (unpaired) electrons. The Kier molecular flexibility index (Phi) is 5.92. The first-order valence-electron chi connectivity index (χ1n) is 7.52. The number of rotatable bonds is 6. The monoisotopic (exact) mass is 377 g/mol. The van der Waals surface area contributed by atoms with Crippen LogP contribution in [0.2, 0.25) is 0 Å². The minimum Gasteiger partial charge on any atom is -0.383 e. The lowest BCUT2D eigenvalue weighted by Crippen LogP contribution is -2.24.